The Morgan fingerprint density at radius 1 is 1.23 bits per heavy atom. The van der Waals surface area contributed by atoms with Gasteiger partial charge in [0.05, 0.1) is 5.25 Å². The Morgan fingerprint density at radius 3 is 2.73 bits per heavy atom. The minimum Gasteiger partial charge on any atom is -0.307 e. The van der Waals surface area contributed by atoms with Crippen LogP contribution in [0.1, 0.15) is 61.8 Å². The lowest BCUT2D eigenvalue weighted by atomic mass is 9.96. The van der Waals surface area contributed by atoms with Crippen molar-refractivity contribution >= 4 is 22.7 Å². The Labute approximate surface area is 158 Å². The van der Waals surface area contributed by atoms with Gasteiger partial charge in [0.15, 0.2) is 0 Å². The van der Waals surface area contributed by atoms with Crippen LogP contribution in [0.2, 0.25) is 0 Å². The van der Waals surface area contributed by atoms with E-state index >= 15 is 0 Å². The summed E-state index contributed by atoms with van der Waals surface area (Å²) in [7, 11) is -1.33. The molecule has 1 fully saturated rings. The number of nitrogens with zero attached hydrogens (tertiary/aromatic N) is 1. The molecule has 1 aromatic carbocycles. The first-order chi connectivity index (χ1) is 12.4. The molecule has 4 rings (SSSR count). The maximum Gasteiger partial charge on any atom is 0.331 e. The molecule has 0 bridgehead atoms. The van der Waals surface area contributed by atoms with Crippen LogP contribution in [0, 0.1) is 0 Å². The van der Waals surface area contributed by atoms with Crippen LogP contribution in [0.5, 0.6) is 0 Å². The van der Waals surface area contributed by atoms with Crippen LogP contribution >= 0.6 is 0 Å². The molecule has 5 nitrogen and oxygen atoms in total. The van der Waals surface area contributed by atoms with Crippen LogP contribution in [0.3, 0.4) is 0 Å². The van der Waals surface area contributed by atoms with E-state index in [0.717, 1.165) is 50.9 Å². The number of carbonyl (C=O) groups excluding carboxylic acids is 1. The number of fused-ring (bicyclic) bond motifs is 2. The van der Waals surface area contributed by atoms with E-state index < -0.39 is 11.0 Å². The van der Waals surface area contributed by atoms with Gasteiger partial charge in [0.25, 0.3) is 0 Å². The summed E-state index contributed by atoms with van der Waals surface area (Å²) in [6, 6.07) is 2.51. The number of urea groups is 1. The zero-order valence-electron chi connectivity index (χ0n) is 15.9. The molecule has 1 saturated heterocycles. The van der Waals surface area contributed by atoms with Gasteiger partial charge >= 0.3 is 6.03 Å². The van der Waals surface area contributed by atoms with Crippen molar-refractivity contribution in [2.24, 2.45) is 0 Å². The van der Waals surface area contributed by atoms with E-state index in [1.165, 1.54) is 22.3 Å². The molecule has 0 spiro atoms. The number of carbonyl (C=O) groups is 1. The SMILES string of the molecule is CC1CCc2c1cc1c(c2NC(=O)NS(=O)C2CN(C(C)C)C2)CCC1. The molecule has 2 atom stereocenters. The topological polar surface area (TPSA) is 61.4 Å². The molecule has 26 heavy (non-hydrogen) atoms. The summed E-state index contributed by atoms with van der Waals surface area (Å²) >= 11 is 0. The van der Waals surface area contributed by atoms with Crippen molar-refractivity contribution in [3.8, 4) is 0 Å². The van der Waals surface area contributed by atoms with Gasteiger partial charge in [-0.25, -0.2) is 9.00 Å². The minimum absolute atomic E-state index is 0.0374. The lowest BCUT2D eigenvalue weighted by Gasteiger charge is -2.40. The summed E-state index contributed by atoms with van der Waals surface area (Å²) in [5.74, 6) is 0.561. The Hall–Kier alpha value is -1.40. The largest absolute Gasteiger partial charge is 0.331 e. The lowest BCUT2D eigenvalue weighted by molar-refractivity contribution is 0.144. The highest BCUT2D eigenvalue weighted by molar-refractivity contribution is 7.84. The molecular weight excluding hydrogens is 346 g/mol. The molecular formula is C20H29N3O2S. The number of hydrogen-bond acceptors (Lipinski definition) is 3. The normalized spacial score (nSPS) is 23.5. The number of anilines is 1. The third-order valence-electron chi connectivity index (χ3n) is 6.24. The Kier molecular flexibility index (Phi) is 4.82. The number of rotatable bonds is 4. The standard InChI is InChI=1S/C20H29N3O2S/c1-12(2)23-10-15(11-23)26(25)22-20(24)21-19-16-6-4-5-14(16)9-18-13(3)7-8-17(18)19/h9,12-13,15H,4-8,10-11H2,1-3H3,(H2,21,22,24). The van der Waals surface area contributed by atoms with Crippen LogP contribution in [0.4, 0.5) is 10.5 Å². The van der Waals surface area contributed by atoms with E-state index in [0.29, 0.717) is 12.0 Å². The van der Waals surface area contributed by atoms with Crippen molar-refractivity contribution in [3.63, 3.8) is 0 Å². The molecule has 0 saturated carbocycles. The molecule has 2 amide bonds. The van der Waals surface area contributed by atoms with E-state index in [9.17, 15) is 9.00 Å². The van der Waals surface area contributed by atoms with Gasteiger partial charge in [-0.2, -0.15) is 0 Å². The molecule has 3 aliphatic rings. The van der Waals surface area contributed by atoms with E-state index in [1.807, 2.05) is 0 Å². The predicted octanol–water partition coefficient (Wildman–Crippen LogP) is 3.10. The molecule has 0 radical (unpaired) electrons. The second kappa shape index (κ2) is 6.97. The molecule has 6 heteroatoms. The maximum absolute atomic E-state index is 12.5. The van der Waals surface area contributed by atoms with Crippen LogP contribution < -0.4 is 10.0 Å². The number of aryl methyl sites for hydroxylation is 1. The Morgan fingerprint density at radius 2 is 2.00 bits per heavy atom. The summed E-state index contributed by atoms with van der Waals surface area (Å²) in [4.78, 5) is 14.8. The van der Waals surface area contributed by atoms with Crippen molar-refractivity contribution in [1.29, 1.82) is 0 Å². The number of hydrogen-bond donors (Lipinski definition) is 2. The van der Waals surface area contributed by atoms with Crippen molar-refractivity contribution in [1.82, 2.24) is 9.62 Å². The van der Waals surface area contributed by atoms with Gasteiger partial charge in [0.1, 0.15) is 11.0 Å². The average molecular weight is 376 g/mol. The van der Waals surface area contributed by atoms with Crippen molar-refractivity contribution in [2.75, 3.05) is 18.4 Å². The van der Waals surface area contributed by atoms with Crippen LogP contribution in [-0.4, -0.2) is 39.5 Å². The number of nitrogens with one attached hydrogen (secondary N) is 2. The highest BCUT2D eigenvalue weighted by Crippen LogP contribution is 2.43. The van der Waals surface area contributed by atoms with Gasteiger partial charge in [-0.15, -0.1) is 0 Å². The zero-order chi connectivity index (χ0) is 18.4. The van der Waals surface area contributed by atoms with E-state index in [4.69, 9.17) is 0 Å². The fourth-order valence-corrected chi connectivity index (χ4v) is 5.58. The molecule has 1 aliphatic heterocycles. The monoisotopic (exact) mass is 375 g/mol. The van der Waals surface area contributed by atoms with Gasteiger partial charge in [0, 0.05) is 24.8 Å². The smallest absolute Gasteiger partial charge is 0.307 e. The van der Waals surface area contributed by atoms with E-state index in [-0.39, 0.29) is 11.3 Å². The predicted molar refractivity (Wildman–Crippen MR) is 106 cm³/mol. The highest BCUT2D eigenvalue weighted by Gasteiger charge is 2.34. The van der Waals surface area contributed by atoms with Crippen molar-refractivity contribution in [2.45, 2.75) is 70.1 Å². The first kappa shape index (κ1) is 18.0. The fourth-order valence-electron chi connectivity index (χ4n) is 4.53. The number of benzene rings is 1. The minimum atomic E-state index is -1.33. The third kappa shape index (κ3) is 3.18. The first-order valence-electron chi connectivity index (χ1n) is 9.83. The molecule has 0 aromatic heterocycles. The molecule has 2 aliphatic carbocycles. The number of likely N-dealkylation sites (tertiary alicyclic amines) is 1. The molecule has 142 valence electrons. The average Bonchev–Trinajstić information content (AvgIpc) is 3.12. The second-order valence-corrected chi connectivity index (χ2v) is 9.74. The molecule has 2 unspecified atom stereocenters. The first-order valence-corrected chi connectivity index (χ1v) is 11.0. The zero-order valence-corrected chi connectivity index (χ0v) is 16.7. The van der Waals surface area contributed by atoms with Gasteiger partial charge < -0.3 is 5.32 Å². The van der Waals surface area contributed by atoms with Gasteiger partial charge in [-0.05, 0) is 74.1 Å². The molecule has 2 N–H and O–H groups in total. The fraction of sp³-hybridized carbons (Fsp3) is 0.650. The molecule has 1 aromatic rings. The third-order valence-corrected chi connectivity index (χ3v) is 7.53. The highest BCUT2D eigenvalue weighted by atomic mass is 32.2. The van der Waals surface area contributed by atoms with Crippen LogP contribution in [0.15, 0.2) is 6.07 Å². The summed E-state index contributed by atoms with van der Waals surface area (Å²) in [6.45, 7) is 8.12. The number of amides is 2. The van der Waals surface area contributed by atoms with Gasteiger partial charge in [-0.3, -0.25) is 9.62 Å². The van der Waals surface area contributed by atoms with E-state index in [1.54, 1.807) is 0 Å². The summed E-state index contributed by atoms with van der Waals surface area (Å²) in [5.41, 5.74) is 6.39. The molecule has 1 heterocycles. The summed E-state index contributed by atoms with van der Waals surface area (Å²) in [5, 5.41) is 3.11. The van der Waals surface area contributed by atoms with Crippen LogP contribution in [-0.2, 0) is 30.2 Å². The maximum atomic E-state index is 12.5. The second-order valence-electron chi connectivity index (χ2n) is 8.27. The summed E-state index contributed by atoms with van der Waals surface area (Å²) < 4.78 is 15.1. The Balaban J connectivity index is 1.46. The van der Waals surface area contributed by atoms with Crippen LogP contribution in [0.25, 0.3) is 0 Å². The quantitative estimate of drug-likeness (QED) is 0.850. The van der Waals surface area contributed by atoms with Gasteiger partial charge in [0.2, 0.25) is 0 Å². The lowest BCUT2D eigenvalue weighted by Crippen LogP contribution is -2.58. The van der Waals surface area contributed by atoms with Crippen molar-refractivity contribution < 1.29 is 9.00 Å². The summed E-state index contributed by atoms with van der Waals surface area (Å²) in [6.07, 6.45) is 5.45. The van der Waals surface area contributed by atoms with E-state index in [2.05, 4.69) is 41.8 Å². The Bertz CT molecular complexity index is 756. The van der Waals surface area contributed by atoms with Gasteiger partial charge in [-0.1, -0.05) is 13.0 Å². The van der Waals surface area contributed by atoms with Crippen molar-refractivity contribution in [3.05, 3.63) is 28.3 Å².